The molecule has 5 atom stereocenters. The number of terminal acetylenes is 1. The number of hydrogen-bond acceptors (Lipinski definition) is 0. The van der Waals surface area contributed by atoms with Crippen LogP contribution >= 0.6 is 0 Å². The van der Waals surface area contributed by atoms with Crippen LogP contribution in [0.3, 0.4) is 0 Å². The van der Waals surface area contributed by atoms with Crippen molar-refractivity contribution in [2.45, 2.75) is 51.4 Å². The van der Waals surface area contributed by atoms with Gasteiger partial charge in [0.15, 0.2) is 0 Å². The lowest BCUT2D eigenvalue weighted by molar-refractivity contribution is 0.0432. The molecule has 4 rings (SSSR count). The van der Waals surface area contributed by atoms with Gasteiger partial charge in [-0.2, -0.15) is 0 Å². The van der Waals surface area contributed by atoms with Gasteiger partial charge in [0.2, 0.25) is 0 Å². The van der Waals surface area contributed by atoms with E-state index in [0.717, 1.165) is 17.8 Å². The van der Waals surface area contributed by atoms with Crippen LogP contribution in [0.4, 0.5) is 0 Å². The molecule has 3 aliphatic carbocycles. The molecule has 2 fully saturated rings. The second-order valence-electron chi connectivity index (χ2n) is 7.46. The second kappa shape index (κ2) is 4.39. The molecular formula is C20H24. The molecule has 2 saturated carbocycles. The molecule has 1 aromatic carbocycles. The largest absolute Gasteiger partial charge is 0.120 e. The summed E-state index contributed by atoms with van der Waals surface area (Å²) in [7, 11) is 0. The van der Waals surface area contributed by atoms with Crippen LogP contribution in [0.5, 0.6) is 0 Å². The molecule has 0 nitrogen and oxygen atoms in total. The van der Waals surface area contributed by atoms with Crippen molar-refractivity contribution < 1.29 is 0 Å². The lowest BCUT2D eigenvalue weighted by Crippen LogP contribution is -2.42. The fraction of sp³-hybridized carbons (Fsp3) is 0.600. The minimum absolute atomic E-state index is 0.433. The standard InChI is InChI=1S/C20H24/c1-3-15-9-11-19-18-10-8-14-6-4-5-7-16(14)17(18)12-13-20(15,19)2/h1,4-7,15,17-19H,8-13H2,2H3/t15-,17+,18+,19-,20+/m0/s1. The zero-order chi connectivity index (χ0) is 13.7. The summed E-state index contributed by atoms with van der Waals surface area (Å²) in [6.07, 6.45) is 13.8. The molecule has 0 amide bonds. The summed E-state index contributed by atoms with van der Waals surface area (Å²) in [4.78, 5) is 0. The summed E-state index contributed by atoms with van der Waals surface area (Å²) in [5.74, 6) is 6.23. The zero-order valence-corrected chi connectivity index (χ0v) is 12.4. The van der Waals surface area contributed by atoms with E-state index >= 15 is 0 Å². The van der Waals surface area contributed by atoms with E-state index in [-0.39, 0.29) is 0 Å². The summed E-state index contributed by atoms with van der Waals surface area (Å²) in [6.45, 7) is 2.49. The van der Waals surface area contributed by atoms with E-state index in [9.17, 15) is 0 Å². The van der Waals surface area contributed by atoms with E-state index in [1.54, 1.807) is 11.1 Å². The van der Waals surface area contributed by atoms with Crippen LogP contribution in [-0.4, -0.2) is 0 Å². The third-order valence-electron chi connectivity index (χ3n) is 6.84. The molecule has 1 aromatic rings. The van der Waals surface area contributed by atoms with Crippen molar-refractivity contribution >= 4 is 0 Å². The summed E-state index contributed by atoms with van der Waals surface area (Å²) < 4.78 is 0. The fourth-order valence-corrected chi connectivity index (χ4v) is 5.80. The summed E-state index contributed by atoms with van der Waals surface area (Å²) >= 11 is 0. The molecule has 0 unspecified atom stereocenters. The van der Waals surface area contributed by atoms with E-state index in [1.807, 2.05) is 0 Å². The molecule has 0 heteroatoms. The van der Waals surface area contributed by atoms with Crippen LogP contribution in [-0.2, 0) is 6.42 Å². The Bertz CT molecular complexity index is 564. The molecule has 104 valence electrons. The van der Waals surface area contributed by atoms with Crippen LogP contribution in [0, 0.1) is 35.5 Å². The van der Waals surface area contributed by atoms with Gasteiger partial charge >= 0.3 is 0 Å². The Kier molecular flexibility index (Phi) is 2.75. The number of hydrogen-bond donors (Lipinski definition) is 0. The van der Waals surface area contributed by atoms with Gasteiger partial charge in [-0.25, -0.2) is 0 Å². The monoisotopic (exact) mass is 264 g/mol. The van der Waals surface area contributed by atoms with E-state index in [1.165, 1.54) is 38.5 Å². The number of benzene rings is 1. The van der Waals surface area contributed by atoms with Crippen LogP contribution in [0.2, 0.25) is 0 Å². The Balaban J connectivity index is 1.71. The van der Waals surface area contributed by atoms with Gasteiger partial charge in [0, 0.05) is 5.92 Å². The maximum Gasteiger partial charge on any atom is 0.0256 e. The minimum Gasteiger partial charge on any atom is -0.120 e. The smallest absolute Gasteiger partial charge is 0.0256 e. The molecule has 0 radical (unpaired) electrons. The Morgan fingerprint density at radius 2 is 2.00 bits per heavy atom. The van der Waals surface area contributed by atoms with E-state index in [2.05, 4.69) is 37.1 Å². The number of aryl methyl sites for hydroxylation is 1. The van der Waals surface area contributed by atoms with Gasteiger partial charge in [-0.05, 0) is 72.8 Å². The van der Waals surface area contributed by atoms with Gasteiger partial charge in [0.1, 0.15) is 0 Å². The van der Waals surface area contributed by atoms with E-state index in [0.29, 0.717) is 11.3 Å². The Morgan fingerprint density at radius 3 is 2.85 bits per heavy atom. The highest BCUT2D eigenvalue weighted by molar-refractivity contribution is 5.35. The van der Waals surface area contributed by atoms with Crippen molar-refractivity contribution in [2.75, 3.05) is 0 Å². The van der Waals surface area contributed by atoms with Crippen molar-refractivity contribution in [2.24, 2.45) is 23.2 Å². The first-order valence-corrected chi connectivity index (χ1v) is 8.28. The van der Waals surface area contributed by atoms with E-state index < -0.39 is 0 Å². The third-order valence-corrected chi connectivity index (χ3v) is 6.84. The van der Waals surface area contributed by atoms with Gasteiger partial charge in [-0.1, -0.05) is 31.2 Å². The zero-order valence-electron chi connectivity index (χ0n) is 12.4. The highest BCUT2D eigenvalue weighted by atomic mass is 14.6. The second-order valence-corrected chi connectivity index (χ2v) is 7.46. The summed E-state index contributed by atoms with van der Waals surface area (Å²) in [6, 6.07) is 9.17. The van der Waals surface area contributed by atoms with Gasteiger partial charge in [0.05, 0.1) is 0 Å². The molecule has 0 N–H and O–H groups in total. The van der Waals surface area contributed by atoms with Crippen LogP contribution in [0.15, 0.2) is 24.3 Å². The lowest BCUT2D eigenvalue weighted by atomic mass is 9.54. The third kappa shape index (κ3) is 1.56. The Labute approximate surface area is 123 Å². The van der Waals surface area contributed by atoms with Gasteiger partial charge in [-0.15, -0.1) is 12.3 Å². The normalized spacial score (nSPS) is 42.2. The highest BCUT2D eigenvalue weighted by Crippen LogP contribution is 2.62. The maximum atomic E-state index is 5.82. The van der Waals surface area contributed by atoms with Crippen molar-refractivity contribution in [1.29, 1.82) is 0 Å². The SMILES string of the molecule is C#C[C@H]1CC[C@H]2[C@@H]3CCc4ccccc4[C@H]3CC[C@]12C. The molecule has 0 aromatic heterocycles. The minimum atomic E-state index is 0.433. The maximum absolute atomic E-state index is 5.82. The molecule has 0 saturated heterocycles. The summed E-state index contributed by atoms with van der Waals surface area (Å²) in [5, 5.41) is 0. The first kappa shape index (κ1) is 12.5. The van der Waals surface area contributed by atoms with Crippen LogP contribution in [0.25, 0.3) is 0 Å². The quantitative estimate of drug-likeness (QED) is 0.591. The van der Waals surface area contributed by atoms with Crippen molar-refractivity contribution in [3.05, 3.63) is 35.4 Å². The van der Waals surface area contributed by atoms with E-state index in [4.69, 9.17) is 6.42 Å². The first-order valence-electron chi connectivity index (χ1n) is 8.28. The Morgan fingerprint density at radius 1 is 1.15 bits per heavy atom. The van der Waals surface area contributed by atoms with Crippen molar-refractivity contribution in [3.63, 3.8) is 0 Å². The van der Waals surface area contributed by atoms with Crippen LogP contribution < -0.4 is 0 Å². The molecule has 0 bridgehead atoms. The molecule has 0 aliphatic heterocycles. The number of rotatable bonds is 0. The van der Waals surface area contributed by atoms with Gasteiger partial charge in [0.25, 0.3) is 0 Å². The van der Waals surface area contributed by atoms with Gasteiger partial charge < -0.3 is 0 Å². The van der Waals surface area contributed by atoms with Crippen LogP contribution in [0.1, 0.15) is 56.1 Å². The molecular weight excluding hydrogens is 240 g/mol. The predicted octanol–water partition coefficient (Wildman–Crippen LogP) is 4.79. The summed E-state index contributed by atoms with van der Waals surface area (Å²) in [5.41, 5.74) is 3.71. The average molecular weight is 264 g/mol. The fourth-order valence-electron chi connectivity index (χ4n) is 5.80. The molecule has 0 heterocycles. The Hall–Kier alpha value is -1.22. The molecule has 20 heavy (non-hydrogen) atoms. The van der Waals surface area contributed by atoms with Gasteiger partial charge in [-0.3, -0.25) is 0 Å². The first-order chi connectivity index (χ1) is 9.74. The average Bonchev–Trinajstić information content (AvgIpc) is 2.83. The highest BCUT2D eigenvalue weighted by Gasteiger charge is 2.54. The molecule has 0 spiro atoms. The van der Waals surface area contributed by atoms with Crippen molar-refractivity contribution in [3.8, 4) is 12.3 Å². The predicted molar refractivity (Wildman–Crippen MR) is 83.4 cm³/mol. The topological polar surface area (TPSA) is 0 Å². The number of fused-ring (bicyclic) bond motifs is 5. The molecule has 3 aliphatic rings. The van der Waals surface area contributed by atoms with Crippen molar-refractivity contribution in [1.82, 2.24) is 0 Å². The lowest BCUT2D eigenvalue weighted by Gasteiger charge is -2.50.